The normalized spacial score (nSPS) is 11.0. The van der Waals surface area contributed by atoms with Crippen molar-refractivity contribution in [3.8, 4) is 0 Å². The number of hydrogen-bond acceptors (Lipinski definition) is 4. The third-order valence-corrected chi connectivity index (χ3v) is 4.17. The zero-order valence-electron chi connectivity index (χ0n) is 11.0. The Bertz CT molecular complexity index is 760. The van der Waals surface area contributed by atoms with Gasteiger partial charge in [-0.2, -0.15) is 0 Å². The van der Waals surface area contributed by atoms with Crippen molar-refractivity contribution >= 4 is 38.9 Å². The molecule has 1 aromatic heterocycles. The Kier molecular flexibility index (Phi) is 4.44. The van der Waals surface area contributed by atoms with E-state index in [1.165, 1.54) is 43.5 Å². The predicted molar refractivity (Wildman–Crippen MR) is 80.8 cm³/mol. The first-order chi connectivity index (χ1) is 9.88. The Balaban J connectivity index is 2.24. The third kappa shape index (κ3) is 3.93. The van der Waals surface area contributed by atoms with Crippen LogP contribution < -0.4 is 10.0 Å². The fourth-order valence-electron chi connectivity index (χ4n) is 1.59. The number of amides is 1. The smallest absolute Gasteiger partial charge is 0.261 e. The van der Waals surface area contributed by atoms with E-state index < -0.39 is 10.0 Å². The minimum Gasteiger partial charge on any atom is -0.326 e. The van der Waals surface area contributed by atoms with Gasteiger partial charge in [-0.15, -0.1) is 0 Å². The summed E-state index contributed by atoms with van der Waals surface area (Å²) in [6, 6.07) is 8.86. The minimum atomic E-state index is -3.77. The van der Waals surface area contributed by atoms with Gasteiger partial charge in [0.1, 0.15) is 0 Å². The fourth-order valence-corrected chi connectivity index (χ4v) is 2.88. The second kappa shape index (κ2) is 6.11. The number of nitrogens with one attached hydrogen (secondary N) is 2. The van der Waals surface area contributed by atoms with Crippen LogP contribution in [0.15, 0.2) is 47.5 Å². The minimum absolute atomic E-state index is 0.0523. The summed E-state index contributed by atoms with van der Waals surface area (Å²) in [5, 5.41) is 2.62. The van der Waals surface area contributed by atoms with Crippen LogP contribution in [-0.2, 0) is 14.8 Å². The van der Waals surface area contributed by atoms with Gasteiger partial charge in [-0.05, 0) is 36.4 Å². The van der Waals surface area contributed by atoms with Crippen LogP contribution in [0.1, 0.15) is 6.92 Å². The molecule has 0 saturated heterocycles. The Morgan fingerprint density at radius 1 is 1.19 bits per heavy atom. The van der Waals surface area contributed by atoms with Gasteiger partial charge in [0.2, 0.25) is 5.91 Å². The van der Waals surface area contributed by atoms with Gasteiger partial charge >= 0.3 is 0 Å². The summed E-state index contributed by atoms with van der Waals surface area (Å²) in [6.45, 7) is 1.37. The van der Waals surface area contributed by atoms with Crippen LogP contribution in [-0.4, -0.2) is 19.3 Å². The third-order valence-electron chi connectivity index (χ3n) is 2.49. The molecule has 0 aliphatic rings. The molecule has 1 amide bonds. The second-order valence-electron chi connectivity index (χ2n) is 4.15. The summed E-state index contributed by atoms with van der Waals surface area (Å²) < 4.78 is 26.8. The monoisotopic (exact) mass is 325 g/mol. The molecule has 2 N–H and O–H groups in total. The van der Waals surface area contributed by atoms with E-state index in [9.17, 15) is 13.2 Å². The Morgan fingerprint density at radius 3 is 2.43 bits per heavy atom. The standard InChI is InChI=1S/C13H12ClN3O3S/c1-9(18)16-10-4-6-11(7-5-10)21(19,20)17-12-3-2-8-15-13(12)14/h2-8,17H,1H3,(H,16,18). The Labute approximate surface area is 127 Å². The molecule has 0 atom stereocenters. The van der Waals surface area contributed by atoms with Gasteiger partial charge in [0.15, 0.2) is 5.15 Å². The maximum Gasteiger partial charge on any atom is 0.261 e. The number of halogens is 1. The number of carbonyl (C=O) groups excluding carboxylic acids is 1. The quantitative estimate of drug-likeness (QED) is 0.845. The summed E-state index contributed by atoms with van der Waals surface area (Å²) in [5.41, 5.74) is 0.714. The highest BCUT2D eigenvalue weighted by Crippen LogP contribution is 2.22. The van der Waals surface area contributed by atoms with Crippen LogP contribution in [0.3, 0.4) is 0 Å². The largest absolute Gasteiger partial charge is 0.326 e. The molecule has 0 unspecified atom stereocenters. The zero-order chi connectivity index (χ0) is 15.5. The average Bonchev–Trinajstić information content (AvgIpc) is 2.41. The summed E-state index contributed by atoms with van der Waals surface area (Å²) in [5.74, 6) is -0.231. The number of pyridine rings is 1. The van der Waals surface area contributed by atoms with Gasteiger partial charge in [0, 0.05) is 18.8 Å². The fraction of sp³-hybridized carbons (Fsp3) is 0.0769. The first-order valence-electron chi connectivity index (χ1n) is 5.89. The van der Waals surface area contributed by atoms with E-state index >= 15 is 0 Å². The molecule has 21 heavy (non-hydrogen) atoms. The van der Waals surface area contributed by atoms with Gasteiger partial charge in [-0.3, -0.25) is 9.52 Å². The molecule has 2 rings (SSSR count). The molecule has 1 aromatic carbocycles. The van der Waals surface area contributed by atoms with Crippen molar-refractivity contribution in [1.29, 1.82) is 0 Å². The summed E-state index contributed by atoms with van der Waals surface area (Å²) in [6.07, 6.45) is 1.46. The van der Waals surface area contributed by atoms with E-state index in [0.29, 0.717) is 5.69 Å². The molecule has 0 aliphatic heterocycles. The topological polar surface area (TPSA) is 88.2 Å². The van der Waals surface area contributed by atoms with Crippen molar-refractivity contribution in [1.82, 2.24) is 4.98 Å². The molecule has 6 nitrogen and oxygen atoms in total. The SMILES string of the molecule is CC(=O)Nc1ccc(S(=O)(=O)Nc2cccnc2Cl)cc1. The maximum absolute atomic E-state index is 12.2. The van der Waals surface area contributed by atoms with E-state index in [1.807, 2.05) is 0 Å². The van der Waals surface area contributed by atoms with Crippen LogP contribution in [0.4, 0.5) is 11.4 Å². The lowest BCUT2D eigenvalue weighted by Gasteiger charge is -2.09. The molecule has 0 fully saturated rings. The lowest BCUT2D eigenvalue weighted by atomic mass is 10.3. The van der Waals surface area contributed by atoms with E-state index in [2.05, 4.69) is 15.0 Å². The summed E-state index contributed by atoms with van der Waals surface area (Å²) >= 11 is 5.81. The molecule has 0 saturated carbocycles. The number of aromatic nitrogens is 1. The summed E-state index contributed by atoms with van der Waals surface area (Å²) in [7, 11) is -3.77. The van der Waals surface area contributed by atoms with Gasteiger partial charge in [-0.1, -0.05) is 11.6 Å². The number of carbonyl (C=O) groups is 1. The molecule has 0 radical (unpaired) electrons. The van der Waals surface area contributed by atoms with Crippen molar-refractivity contribution in [2.24, 2.45) is 0 Å². The van der Waals surface area contributed by atoms with Gasteiger partial charge in [0.25, 0.3) is 10.0 Å². The summed E-state index contributed by atoms with van der Waals surface area (Å²) in [4.78, 5) is 14.8. The number of anilines is 2. The molecule has 8 heteroatoms. The molecular formula is C13H12ClN3O3S. The highest BCUT2D eigenvalue weighted by Gasteiger charge is 2.15. The first-order valence-corrected chi connectivity index (χ1v) is 7.75. The van der Waals surface area contributed by atoms with Crippen molar-refractivity contribution in [2.45, 2.75) is 11.8 Å². The van der Waals surface area contributed by atoms with Crippen molar-refractivity contribution in [3.05, 3.63) is 47.7 Å². The number of rotatable bonds is 4. The lowest BCUT2D eigenvalue weighted by Crippen LogP contribution is -2.13. The highest BCUT2D eigenvalue weighted by molar-refractivity contribution is 7.92. The maximum atomic E-state index is 12.2. The first kappa shape index (κ1) is 15.3. The van der Waals surface area contributed by atoms with Gasteiger partial charge < -0.3 is 5.32 Å². The molecule has 2 aromatic rings. The molecule has 0 spiro atoms. The number of sulfonamides is 1. The van der Waals surface area contributed by atoms with Crippen LogP contribution in [0.2, 0.25) is 5.15 Å². The highest BCUT2D eigenvalue weighted by atomic mass is 35.5. The van der Waals surface area contributed by atoms with Crippen LogP contribution in [0.25, 0.3) is 0 Å². The Morgan fingerprint density at radius 2 is 1.86 bits per heavy atom. The van der Waals surface area contributed by atoms with Crippen molar-refractivity contribution in [3.63, 3.8) is 0 Å². The zero-order valence-corrected chi connectivity index (χ0v) is 12.6. The number of benzene rings is 1. The van der Waals surface area contributed by atoms with Gasteiger partial charge in [-0.25, -0.2) is 13.4 Å². The molecule has 0 bridgehead atoms. The Hall–Kier alpha value is -2.12. The molecular weight excluding hydrogens is 314 g/mol. The van der Waals surface area contributed by atoms with Gasteiger partial charge in [0.05, 0.1) is 10.6 Å². The number of hydrogen-bond donors (Lipinski definition) is 2. The second-order valence-corrected chi connectivity index (χ2v) is 6.19. The van der Waals surface area contributed by atoms with E-state index in [4.69, 9.17) is 11.6 Å². The molecule has 110 valence electrons. The van der Waals surface area contributed by atoms with E-state index in [1.54, 1.807) is 6.07 Å². The molecule has 1 heterocycles. The predicted octanol–water partition coefficient (Wildman–Crippen LogP) is 2.49. The van der Waals surface area contributed by atoms with E-state index in [-0.39, 0.29) is 21.6 Å². The van der Waals surface area contributed by atoms with Crippen LogP contribution in [0, 0.1) is 0 Å². The average molecular weight is 326 g/mol. The van der Waals surface area contributed by atoms with Crippen molar-refractivity contribution < 1.29 is 13.2 Å². The molecule has 0 aliphatic carbocycles. The number of nitrogens with zero attached hydrogens (tertiary/aromatic N) is 1. The van der Waals surface area contributed by atoms with E-state index in [0.717, 1.165) is 0 Å². The lowest BCUT2D eigenvalue weighted by molar-refractivity contribution is -0.114. The van der Waals surface area contributed by atoms with Crippen LogP contribution in [0.5, 0.6) is 0 Å². The van der Waals surface area contributed by atoms with Crippen LogP contribution >= 0.6 is 11.6 Å². The van der Waals surface area contributed by atoms with Crippen molar-refractivity contribution in [2.75, 3.05) is 10.0 Å².